The number of nitrogens with one attached hydrogen (secondary N) is 1. The number of nitrogen functional groups attached to an aromatic ring is 1. The van der Waals surface area contributed by atoms with Gasteiger partial charge in [0.05, 0.1) is 12.6 Å². The molecule has 112 valence electrons. The maximum Gasteiger partial charge on any atom is 0.312 e. The van der Waals surface area contributed by atoms with Crippen molar-refractivity contribution in [2.45, 2.75) is 64.2 Å². The van der Waals surface area contributed by atoms with Crippen LogP contribution in [0.25, 0.3) is 0 Å². The number of nitrogens with zero attached hydrogens (tertiary/aromatic N) is 2. The van der Waals surface area contributed by atoms with Crippen LogP contribution in [-0.2, 0) is 16.1 Å². The third kappa shape index (κ3) is 4.19. The van der Waals surface area contributed by atoms with Gasteiger partial charge in [-0.3, -0.25) is 4.79 Å². The second-order valence-electron chi connectivity index (χ2n) is 5.04. The Labute approximate surface area is 118 Å². The summed E-state index contributed by atoms with van der Waals surface area (Å²) >= 11 is 0. The van der Waals surface area contributed by atoms with Gasteiger partial charge in [0, 0.05) is 0 Å². The van der Waals surface area contributed by atoms with E-state index in [0.717, 1.165) is 12.8 Å². The largest absolute Gasteiger partial charge is 0.406 e. The Balaban J connectivity index is 1.78. The minimum absolute atomic E-state index is 0.000235. The Kier molecular flexibility index (Phi) is 5.34. The summed E-state index contributed by atoms with van der Waals surface area (Å²) in [6, 6.07) is -0.000235. The van der Waals surface area contributed by atoms with E-state index >= 15 is 0 Å². The molecule has 0 aliphatic heterocycles. The smallest absolute Gasteiger partial charge is 0.312 e. The molecule has 0 bridgehead atoms. The van der Waals surface area contributed by atoms with E-state index < -0.39 is 6.10 Å². The van der Waals surface area contributed by atoms with Crippen LogP contribution in [0.4, 0.5) is 6.01 Å². The molecule has 0 saturated heterocycles. The molecule has 1 fully saturated rings. The van der Waals surface area contributed by atoms with Gasteiger partial charge >= 0.3 is 6.01 Å². The van der Waals surface area contributed by atoms with Crippen molar-refractivity contribution in [2.24, 2.45) is 0 Å². The highest BCUT2D eigenvalue weighted by Gasteiger charge is 2.23. The second kappa shape index (κ2) is 7.23. The maximum atomic E-state index is 12.1. The number of hydrogen-bond acceptors (Lipinski definition) is 6. The van der Waals surface area contributed by atoms with Crippen molar-refractivity contribution < 1.29 is 13.9 Å². The van der Waals surface area contributed by atoms with E-state index in [9.17, 15) is 4.79 Å². The van der Waals surface area contributed by atoms with Crippen LogP contribution in [0.2, 0.25) is 0 Å². The van der Waals surface area contributed by atoms with Crippen molar-refractivity contribution in [2.75, 3.05) is 5.73 Å². The van der Waals surface area contributed by atoms with E-state index in [1.54, 1.807) is 0 Å². The Morgan fingerprint density at radius 3 is 2.80 bits per heavy atom. The summed E-state index contributed by atoms with van der Waals surface area (Å²) in [4.78, 5) is 12.1. The summed E-state index contributed by atoms with van der Waals surface area (Å²) in [5, 5.41) is 9.96. The van der Waals surface area contributed by atoms with Gasteiger partial charge in [0.15, 0.2) is 0 Å². The van der Waals surface area contributed by atoms with E-state index in [1.165, 1.54) is 19.3 Å². The maximum absolute atomic E-state index is 12.1. The van der Waals surface area contributed by atoms with Crippen LogP contribution >= 0.6 is 0 Å². The number of carbonyl (C=O) groups excluding carboxylic acids is 1. The molecule has 20 heavy (non-hydrogen) atoms. The zero-order chi connectivity index (χ0) is 14.4. The van der Waals surface area contributed by atoms with E-state index in [2.05, 4.69) is 15.5 Å². The lowest BCUT2D eigenvalue weighted by Crippen LogP contribution is -2.38. The van der Waals surface area contributed by atoms with Crippen molar-refractivity contribution >= 4 is 11.9 Å². The monoisotopic (exact) mass is 282 g/mol. The van der Waals surface area contributed by atoms with Gasteiger partial charge in [-0.1, -0.05) is 31.3 Å². The first-order valence-electron chi connectivity index (χ1n) is 7.20. The third-order valence-corrected chi connectivity index (χ3v) is 3.47. The van der Waals surface area contributed by atoms with Crippen LogP contribution in [0.3, 0.4) is 0 Å². The molecule has 1 amide bonds. The summed E-state index contributed by atoms with van der Waals surface area (Å²) < 4.78 is 10.9. The first-order chi connectivity index (χ1) is 9.69. The van der Waals surface area contributed by atoms with Crippen molar-refractivity contribution in [3.05, 3.63) is 5.89 Å². The minimum Gasteiger partial charge on any atom is -0.406 e. The van der Waals surface area contributed by atoms with Gasteiger partial charge in [0.1, 0.15) is 6.10 Å². The summed E-state index contributed by atoms with van der Waals surface area (Å²) in [7, 11) is 0. The zero-order valence-corrected chi connectivity index (χ0v) is 11.8. The van der Waals surface area contributed by atoms with E-state index in [-0.39, 0.29) is 24.6 Å². The Morgan fingerprint density at radius 1 is 1.45 bits per heavy atom. The lowest BCUT2D eigenvalue weighted by Gasteiger charge is -2.26. The van der Waals surface area contributed by atoms with Gasteiger partial charge in [-0.15, -0.1) is 5.10 Å². The number of ether oxygens (including phenoxy) is 1. The van der Waals surface area contributed by atoms with Gasteiger partial charge in [-0.2, -0.15) is 0 Å². The summed E-state index contributed by atoms with van der Waals surface area (Å²) in [5.74, 6) is 0.151. The van der Waals surface area contributed by atoms with Crippen LogP contribution in [0, 0.1) is 0 Å². The zero-order valence-electron chi connectivity index (χ0n) is 11.8. The molecule has 1 aliphatic rings. The normalized spacial score (nSPS) is 17.9. The fraction of sp³-hybridized carbons (Fsp3) is 0.769. The molecule has 1 aliphatic carbocycles. The average Bonchev–Trinajstić information content (AvgIpc) is 2.89. The first-order valence-corrected chi connectivity index (χ1v) is 7.20. The number of rotatable bonds is 6. The van der Waals surface area contributed by atoms with Crippen molar-refractivity contribution in [3.63, 3.8) is 0 Å². The number of carbonyl (C=O) groups is 1. The molecule has 7 nitrogen and oxygen atoms in total. The standard InChI is InChI=1S/C13H22N4O3/c1-2-10(19-9-6-4-3-5-7-9)12(18)15-8-11-16-17-13(14)20-11/h9-10H,2-8H2,1H3,(H2,14,17)(H,15,18)/t10-/m1/s1. The molecule has 0 unspecified atom stereocenters. The van der Waals surface area contributed by atoms with Crippen LogP contribution in [-0.4, -0.2) is 28.3 Å². The topological polar surface area (TPSA) is 103 Å². The molecule has 3 N–H and O–H groups in total. The highest BCUT2D eigenvalue weighted by molar-refractivity contribution is 5.80. The Hall–Kier alpha value is -1.63. The summed E-state index contributed by atoms with van der Waals surface area (Å²) in [6.45, 7) is 2.12. The summed E-state index contributed by atoms with van der Waals surface area (Å²) in [6.07, 6.45) is 6.16. The number of aromatic nitrogens is 2. The quantitative estimate of drug-likeness (QED) is 0.817. The SMILES string of the molecule is CC[C@@H](OC1CCCCC1)C(=O)NCc1nnc(N)o1. The molecule has 0 radical (unpaired) electrons. The lowest BCUT2D eigenvalue weighted by molar-refractivity contribution is -0.138. The molecule has 1 aromatic heterocycles. The minimum atomic E-state index is -0.418. The lowest BCUT2D eigenvalue weighted by atomic mass is 9.97. The number of nitrogens with two attached hydrogens (primary N) is 1. The highest BCUT2D eigenvalue weighted by Crippen LogP contribution is 2.22. The summed E-state index contributed by atoms with van der Waals surface area (Å²) in [5.41, 5.74) is 5.32. The average molecular weight is 282 g/mol. The first kappa shape index (κ1) is 14.8. The molecule has 7 heteroatoms. The van der Waals surface area contributed by atoms with Gasteiger partial charge < -0.3 is 20.2 Å². The van der Waals surface area contributed by atoms with Gasteiger partial charge in [-0.25, -0.2) is 0 Å². The molecule has 2 rings (SSSR count). The van der Waals surface area contributed by atoms with E-state index in [0.29, 0.717) is 12.3 Å². The number of amides is 1. The van der Waals surface area contributed by atoms with Crippen LogP contribution in [0.15, 0.2) is 4.42 Å². The second-order valence-corrected chi connectivity index (χ2v) is 5.04. The van der Waals surface area contributed by atoms with Crippen molar-refractivity contribution in [1.82, 2.24) is 15.5 Å². The van der Waals surface area contributed by atoms with Crippen LogP contribution < -0.4 is 11.1 Å². The van der Waals surface area contributed by atoms with E-state index in [4.69, 9.17) is 14.9 Å². The van der Waals surface area contributed by atoms with Gasteiger partial charge in [0.2, 0.25) is 11.8 Å². The fourth-order valence-electron chi connectivity index (χ4n) is 2.39. The molecule has 1 aromatic rings. The van der Waals surface area contributed by atoms with Crippen molar-refractivity contribution in [1.29, 1.82) is 0 Å². The molecular weight excluding hydrogens is 260 g/mol. The molecule has 0 aromatic carbocycles. The Bertz CT molecular complexity index is 429. The molecule has 1 heterocycles. The number of hydrogen-bond donors (Lipinski definition) is 2. The fourth-order valence-corrected chi connectivity index (χ4v) is 2.39. The molecular formula is C13H22N4O3. The van der Waals surface area contributed by atoms with Crippen LogP contribution in [0.5, 0.6) is 0 Å². The van der Waals surface area contributed by atoms with Crippen molar-refractivity contribution in [3.8, 4) is 0 Å². The highest BCUT2D eigenvalue weighted by atomic mass is 16.5. The molecule has 0 spiro atoms. The Morgan fingerprint density at radius 2 is 2.20 bits per heavy atom. The van der Waals surface area contributed by atoms with E-state index in [1.807, 2.05) is 6.92 Å². The number of anilines is 1. The van der Waals surface area contributed by atoms with Gasteiger partial charge in [0.25, 0.3) is 0 Å². The predicted octanol–water partition coefficient (Wildman–Crippen LogP) is 1.40. The third-order valence-electron chi connectivity index (χ3n) is 3.47. The molecule has 1 saturated carbocycles. The predicted molar refractivity (Wildman–Crippen MR) is 72.6 cm³/mol. The van der Waals surface area contributed by atoms with Crippen LogP contribution in [0.1, 0.15) is 51.3 Å². The molecule has 1 atom stereocenters. The van der Waals surface area contributed by atoms with Gasteiger partial charge in [-0.05, 0) is 19.3 Å².